The Kier molecular flexibility index (Phi) is 6.20. The number of nitrogens with zero attached hydrogens (tertiary/aromatic N) is 2. The molecule has 0 aliphatic heterocycles. The summed E-state index contributed by atoms with van der Waals surface area (Å²) in [6, 6.07) is 10.4. The van der Waals surface area contributed by atoms with Crippen molar-refractivity contribution < 1.29 is 24.1 Å². The molecule has 0 saturated carbocycles. The highest BCUT2D eigenvalue weighted by Crippen LogP contribution is 2.38. The summed E-state index contributed by atoms with van der Waals surface area (Å²) in [5.41, 5.74) is 3.15. The molecule has 9 heteroatoms. The second kappa shape index (κ2) is 9.21. The van der Waals surface area contributed by atoms with Gasteiger partial charge in [-0.05, 0) is 42.0 Å². The van der Waals surface area contributed by atoms with Crippen molar-refractivity contribution in [2.45, 2.75) is 6.61 Å². The largest absolute Gasteiger partial charge is 0.493 e. The number of amides is 1. The molecule has 4 rings (SSSR count). The van der Waals surface area contributed by atoms with E-state index in [0.29, 0.717) is 34.1 Å². The van der Waals surface area contributed by atoms with E-state index in [1.165, 1.54) is 32.7 Å². The highest BCUT2D eigenvalue weighted by Gasteiger charge is 2.18. The van der Waals surface area contributed by atoms with Crippen LogP contribution < -0.4 is 19.5 Å². The Morgan fingerprint density at radius 3 is 2.44 bits per heavy atom. The molecule has 0 atom stereocenters. The van der Waals surface area contributed by atoms with Crippen molar-refractivity contribution in [3.05, 3.63) is 59.9 Å². The predicted octanol–water partition coefficient (Wildman–Crippen LogP) is 4.13. The van der Waals surface area contributed by atoms with E-state index in [2.05, 4.69) is 15.3 Å². The average Bonchev–Trinajstić information content (AvgIpc) is 3.27. The van der Waals surface area contributed by atoms with Crippen LogP contribution in [0.3, 0.4) is 0 Å². The lowest BCUT2D eigenvalue weighted by atomic mass is 10.1. The van der Waals surface area contributed by atoms with Crippen LogP contribution in [-0.2, 0) is 6.61 Å². The molecule has 0 spiro atoms. The Morgan fingerprint density at radius 1 is 1.06 bits per heavy atom. The minimum atomic E-state index is -0.362. The zero-order chi connectivity index (χ0) is 22.7. The van der Waals surface area contributed by atoms with E-state index in [0.717, 1.165) is 20.8 Å². The van der Waals surface area contributed by atoms with Crippen LogP contribution in [0.15, 0.2) is 48.8 Å². The molecule has 0 unspecified atom stereocenters. The van der Waals surface area contributed by atoms with Crippen LogP contribution >= 0.6 is 11.3 Å². The number of hydrogen-bond acceptors (Lipinski definition) is 8. The fraction of sp³-hybridized carbons (Fsp3) is 0.174. The molecule has 32 heavy (non-hydrogen) atoms. The van der Waals surface area contributed by atoms with Gasteiger partial charge in [-0.1, -0.05) is 0 Å². The number of aliphatic hydroxyl groups excluding tert-OH is 1. The van der Waals surface area contributed by atoms with Crippen molar-refractivity contribution in [1.82, 2.24) is 9.97 Å². The first-order valence-corrected chi connectivity index (χ1v) is 10.4. The van der Waals surface area contributed by atoms with Gasteiger partial charge in [0.15, 0.2) is 11.5 Å². The Labute approximate surface area is 188 Å². The SMILES string of the molecule is COc1cc(C(=O)Nc2cc(CO)cc(-c3nc4ccncc4s3)c2)cc(OC)c1OC. The molecular weight excluding hydrogens is 430 g/mol. The highest BCUT2D eigenvalue weighted by atomic mass is 32.1. The molecule has 0 bridgehead atoms. The molecule has 0 saturated heterocycles. The van der Waals surface area contributed by atoms with E-state index >= 15 is 0 Å². The van der Waals surface area contributed by atoms with Gasteiger partial charge in [0.2, 0.25) is 5.75 Å². The fourth-order valence-corrected chi connectivity index (χ4v) is 4.22. The number of methoxy groups -OCH3 is 3. The number of carbonyl (C=O) groups excluding carboxylic acids is 1. The zero-order valence-corrected chi connectivity index (χ0v) is 18.5. The van der Waals surface area contributed by atoms with Crippen molar-refractivity contribution in [2.24, 2.45) is 0 Å². The third-order valence-electron chi connectivity index (χ3n) is 4.80. The van der Waals surface area contributed by atoms with E-state index in [-0.39, 0.29) is 12.5 Å². The summed E-state index contributed by atoms with van der Waals surface area (Å²) in [5.74, 6) is 0.801. The Hall–Kier alpha value is -3.69. The number of pyridine rings is 1. The number of hydrogen-bond donors (Lipinski definition) is 2. The number of thiazole rings is 1. The molecule has 2 heterocycles. The number of aliphatic hydroxyl groups is 1. The number of aromatic nitrogens is 2. The molecule has 2 N–H and O–H groups in total. The van der Waals surface area contributed by atoms with E-state index in [9.17, 15) is 9.90 Å². The lowest BCUT2D eigenvalue weighted by molar-refractivity contribution is 0.102. The first-order valence-electron chi connectivity index (χ1n) is 9.63. The molecule has 2 aromatic carbocycles. The number of rotatable bonds is 7. The molecule has 2 aromatic heterocycles. The van der Waals surface area contributed by atoms with E-state index in [1.807, 2.05) is 18.2 Å². The van der Waals surface area contributed by atoms with Crippen LogP contribution in [-0.4, -0.2) is 42.3 Å². The lowest BCUT2D eigenvalue weighted by Crippen LogP contribution is -2.13. The third kappa shape index (κ3) is 4.20. The van der Waals surface area contributed by atoms with E-state index in [4.69, 9.17) is 14.2 Å². The number of fused-ring (bicyclic) bond motifs is 1. The summed E-state index contributed by atoms with van der Waals surface area (Å²) in [4.78, 5) is 21.8. The number of nitrogens with one attached hydrogen (secondary N) is 1. The van der Waals surface area contributed by atoms with Gasteiger partial charge in [0.1, 0.15) is 5.01 Å². The van der Waals surface area contributed by atoms with Gasteiger partial charge in [-0.3, -0.25) is 9.78 Å². The number of benzene rings is 2. The standard InChI is InChI=1S/C23H21N3O5S/c1-29-18-9-14(10-19(30-2)21(18)31-3)22(28)25-16-7-13(12-27)6-15(8-16)23-26-17-4-5-24-11-20(17)32-23/h4-11,27H,12H2,1-3H3,(H,25,28). The Balaban J connectivity index is 1.68. The summed E-state index contributed by atoms with van der Waals surface area (Å²) >= 11 is 1.49. The Bertz CT molecular complexity index is 1230. The molecule has 0 aliphatic carbocycles. The molecule has 4 aromatic rings. The minimum Gasteiger partial charge on any atom is -0.493 e. The summed E-state index contributed by atoms with van der Waals surface area (Å²) < 4.78 is 16.9. The normalized spacial score (nSPS) is 10.8. The van der Waals surface area contributed by atoms with E-state index in [1.54, 1.807) is 30.6 Å². The predicted molar refractivity (Wildman–Crippen MR) is 123 cm³/mol. The summed E-state index contributed by atoms with van der Waals surface area (Å²) in [7, 11) is 4.48. The van der Waals surface area contributed by atoms with Crippen molar-refractivity contribution in [2.75, 3.05) is 26.6 Å². The van der Waals surface area contributed by atoms with Crippen LogP contribution in [0.1, 0.15) is 15.9 Å². The first kappa shape index (κ1) is 21.5. The fourth-order valence-electron chi connectivity index (χ4n) is 3.30. The molecular formula is C23H21N3O5S. The maximum Gasteiger partial charge on any atom is 0.255 e. The van der Waals surface area contributed by atoms with E-state index < -0.39 is 0 Å². The highest BCUT2D eigenvalue weighted by molar-refractivity contribution is 7.21. The number of anilines is 1. The topological polar surface area (TPSA) is 103 Å². The third-order valence-corrected chi connectivity index (χ3v) is 5.85. The van der Waals surface area contributed by atoms with Crippen molar-refractivity contribution >= 4 is 33.1 Å². The molecule has 8 nitrogen and oxygen atoms in total. The van der Waals surface area contributed by atoms with Gasteiger partial charge < -0.3 is 24.6 Å². The van der Waals surface area contributed by atoms with Crippen molar-refractivity contribution in [3.8, 4) is 27.8 Å². The van der Waals surface area contributed by atoms with Crippen molar-refractivity contribution in [3.63, 3.8) is 0 Å². The molecule has 164 valence electrons. The maximum atomic E-state index is 13.0. The Morgan fingerprint density at radius 2 is 1.81 bits per heavy atom. The molecule has 0 fully saturated rings. The monoisotopic (exact) mass is 451 g/mol. The first-order chi connectivity index (χ1) is 15.6. The molecule has 1 amide bonds. The van der Waals surface area contributed by atoms with Crippen LogP contribution in [0, 0.1) is 0 Å². The van der Waals surface area contributed by atoms with Gasteiger partial charge in [-0.15, -0.1) is 11.3 Å². The van der Waals surface area contributed by atoms with Crippen LogP contribution in [0.5, 0.6) is 17.2 Å². The van der Waals surface area contributed by atoms with Gasteiger partial charge in [0.25, 0.3) is 5.91 Å². The van der Waals surface area contributed by atoms with Crippen LogP contribution in [0.25, 0.3) is 20.8 Å². The van der Waals surface area contributed by atoms with Crippen molar-refractivity contribution in [1.29, 1.82) is 0 Å². The number of carbonyl (C=O) groups is 1. The van der Waals surface area contributed by atoms with Crippen LogP contribution in [0.2, 0.25) is 0 Å². The van der Waals surface area contributed by atoms with Gasteiger partial charge in [0, 0.05) is 29.2 Å². The van der Waals surface area contributed by atoms with Gasteiger partial charge in [0.05, 0.1) is 38.2 Å². The zero-order valence-electron chi connectivity index (χ0n) is 17.7. The van der Waals surface area contributed by atoms with Gasteiger partial charge >= 0.3 is 0 Å². The number of ether oxygens (including phenoxy) is 3. The second-order valence-corrected chi connectivity index (χ2v) is 7.84. The lowest BCUT2D eigenvalue weighted by Gasteiger charge is -2.14. The van der Waals surface area contributed by atoms with Gasteiger partial charge in [-0.25, -0.2) is 4.98 Å². The van der Waals surface area contributed by atoms with Gasteiger partial charge in [-0.2, -0.15) is 0 Å². The minimum absolute atomic E-state index is 0.173. The maximum absolute atomic E-state index is 13.0. The average molecular weight is 452 g/mol. The smallest absolute Gasteiger partial charge is 0.255 e. The quantitative estimate of drug-likeness (QED) is 0.435. The summed E-state index contributed by atoms with van der Waals surface area (Å²) in [5, 5.41) is 13.4. The summed E-state index contributed by atoms with van der Waals surface area (Å²) in [6.07, 6.45) is 3.46. The summed E-state index contributed by atoms with van der Waals surface area (Å²) in [6.45, 7) is -0.173. The molecule has 0 radical (unpaired) electrons. The van der Waals surface area contributed by atoms with Crippen LogP contribution in [0.4, 0.5) is 5.69 Å². The molecule has 0 aliphatic rings. The second-order valence-electron chi connectivity index (χ2n) is 6.81.